The molecule has 0 aliphatic rings. The Kier molecular flexibility index (Phi) is 5.23. The maximum Gasteiger partial charge on any atom is 0.338 e. The smallest absolute Gasteiger partial charge is 0.338 e. The number of rotatable bonds is 5. The van der Waals surface area contributed by atoms with Gasteiger partial charge in [-0.15, -0.1) is 0 Å². The van der Waals surface area contributed by atoms with Gasteiger partial charge in [0.2, 0.25) is 0 Å². The lowest BCUT2D eigenvalue weighted by molar-refractivity contribution is 0.0526. The van der Waals surface area contributed by atoms with Crippen molar-refractivity contribution in [2.24, 2.45) is 0 Å². The zero-order valence-corrected chi connectivity index (χ0v) is 12.8. The molecule has 0 unspecified atom stereocenters. The van der Waals surface area contributed by atoms with Crippen LogP contribution < -0.4 is 4.74 Å². The van der Waals surface area contributed by atoms with Gasteiger partial charge >= 0.3 is 5.97 Å². The summed E-state index contributed by atoms with van der Waals surface area (Å²) in [6, 6.07) is 12.7. The first-order valence-electron chi connectivity index (χ1n) is 6.75. The normalized spacial score (nSPS) is 10.2. The Bertz CT molecular complexity index is 620. The van der Waals surface area contributed by atoms with Crippen molar-refractivity contribution >= 4 is 17.6 Å². The topological polar surface area (TPSA) is 35.5 Å². The van der Waals surface area contributed by atoms with E-state index < -0.39 is 0 Å². The molecule has 2 aromatic rings. The number of halogens is 1. The Morgan fingerprint density at radius 2 is 1.86 bits per heavy atom. The van der Waals surface area contributed by atoms with Crippen LogP contribution in [0.2, 0.25) is 5.02 Å². The molecule has 2 rings (SSSR count). The van der Waals surface area contributed by atoms with Crippen molar-refractivity contribution in [1.29, 1.82) is 0 Å². The minimum Gasteiger partial charge on any atom is -0.489 e. The van der Waals surface area contributed by atoms with Gasteiger partial charge in [0, 0.05) is 10.6 Å². The Morgan fingerprint density at radius 3 is 2.48 bits per heavy atom. The molecule has 0 aromatic heterocycles. The van der Waals surface area contributed by atoms with Gasteiger partial charge in [-0.2, -0.15) is 0 Å². The second kappa shape index (κ2) is 7.14. The van der Waals surface area contributed by atoms with E-state index in [0.717, 1.165) is 11.1 Å². The Balaban J connectivity index is 1.99. The average Bonchev–Trinajstić information content (AvgIpc) is 2.47. The van der Waals surface area contributed by atoms with Crippen molar-refractivity contribution in [3.05, 3.63) is 64.2 Å². The third-order valence-electron chi connectivity index (χ3n) is 2.97. The molecule has 0 atom stereocenters. The molecule has 2 aromatic carbocycles. The summed E-state index contributed by atoms with van der Waals surface area (Å²) in [5.74, 6) is 0.352. The van der Waals surface area contributed by atoms with Crippen molar-refractivity contribution < 1.29 is 14.3 Å². The van der Waals surface area contributed by atoms with Crippen LogP contribution in [0.3, 0.4) is 0 Å². The summed E-state index contributed by atoms with van der Waals surface area (Å²) in [4.78, 5) is 11.5. The Hall–Kier alpha value is -2.00. The molecular formula is C17H17ClO3. The fourth-order valence-corrected chi connectivity index (χ4v) is 2.12. The molecule has 0 fully saturated rings. The molecule has 0 saturated carbocycles. The first-order chi connectivity index (χ1) is 10.1. The quantitative estimate of drug-likeness (QED) is 0.768. The molecule has 0 N–H and O–H groups in total. The molecule has 0 aliphatic carbocycles. The van der Waals surface area contributed by atoms with Crippen LogP contribution in [0.5, 0.6) is 5.75 Å². The highest BCUT2D eigenvalue weighted by molar-refractivity contribution is 6.31. The molecule has 0 amide bonds. The van der Waals surface area contributed by atoms with Crippen LogP contribution in [0, 0.1) is 6.92 Å². The van der Waals surface area contributed by atoms with Gasteiger partial charge in [-0.25, -0.2) is 4.79 Å². The summed E-state index contributed by atoms with van der Waals surface area (Å²) in [6.07, 6.45) is 0. The van der Waals surface area contributed by atoms with Crippen molar-refractivity contribution in [3.8, 4) is 5.75 Å². The average molecular weight is 305 g/mol. The predicted octanol–water partition coefficient (Wildman–Crippen LogP) is 4.40. The number of carbonyl (C=O) groups excluding carboxylic acids is 1. The third-order valence-corrected chi connectivity index (χ3v) is 3.32. The van der Waals surface area contributed by atoms with E-state index in [2.05, 4.69) is 0 Å². The van der Waals surface area contributed by atoms with Gasteiger partial charge in [-0.1, -0.05) is 23.7 Å². The number of esters is 1. The van der Waals surface area contributed by atoms with Crippen molar-refractivity contribution in [3.63, 3.8) is 0 Å². The molecular weight excluding hydrogens is 288 g/mol. The molecule has 0 aliphatic heterocycles. The number of hydrogen-bond acceptors (Lipinski definition) is 3. The first-order valence-corrected chi connectivity index (χ1v) is 7.13. The molecule has 0 heterocycles. The zero-order chi connectivity index (χ0) is 15.2. The van der Waals surface area contributed by atoms with Gasteiger partial charge in [0.15, 0.2) is 0 Å². The minimum absolute atomic E-state index is 0.328. The van der Waals surface area contributed by atoms with Crippen LogP contribution in [0.15, 0.2) is 42.5 Å². The van der Waals surface area contributed by atoms with Gasteiger partial charge in [0.25, 0.3) is 0 Å². The highest BCUT2D eigenvalue weighted by Crippen LogP contribution is 2.20. The highest BCUT2D eigenvalue weighted by atomic mass is 35.5. The SMILES string of the molecule is CCOC(=O)c1ccc(OCc2ccc(C)cc2Cl)cc1. The van der Waals surface area contributed by atoms with Crippen LogP contribution in [-0.4, -0.2) is 12.6 Å². The molecule has 21 heavy (non-hydrogen) atoms. The van der Waals surface area contributed by atoms with E-state index in [1.807, 2.05) is 25.1 Å². The van der Waals surface area contributed by atoms with Crippen LogP contribution in [0.1, 0.15) is 28.4 Å². The maximum atomic E-state index is 11.5. The van der Waals surface area contributed by atoms with E-state index in [4.69, 9.17) is 21.1 Å². The van der Waals surface area contributed by atoms with Crippen molar-refractivity contribution in [2.75, 3.05) is 6.61 Å². The molecule has 3 nitrogen and oxygen atoms in total. The monoisotopic (exact) mass is 304 g/mol. The lowest BCUT2D eigenvalue weighted by Crippen LogP contribution is -2.04. The lowest BCUT2D eigenvalue weighted by Gasteiger charge is -2.09. The maximum absolute atomic E-state index is 11.5. The van der Waals surface area contributed by atoms with Crippen molar-refractivity contribution in [1.82, 2.24) is 0 Å². The van der Waals surface area contributed by atoms with Crippen LogP contribution in [0.4, 0.5) is 0 Å². The molecule has 4 heteroatoms. The summed E-state index contributed by atoms with van der Waals surface area (Å²) in [5, 5.41) is 0.693. The first kappa shape index (κ1) is 15.4. The Labute approximate surface area is 129 Å². The fourth-order valence-electron chi connectivity index (χ4n) is 1.83. The second-order valence-corrected chi connectivity index (χ2v) is 5.04. The number of ether oxygens (including phenoxy) is 2. The zero-order valence-electron chi connectivity index (χ0n) is 12.1. The summed E-state index contributed by atoms with van der Waals surface area (Å²) < 4.78 is 10.6. The van der Waals surface area contributed by atoms with E-state index >= 15 is 0 Å². The standard InChI is InChI=1S/C17H17ClO3/c1-3-20-17(19)13-6-8-15(9-7-13)21-11-14-5-4-12(2)10-16(14)18/h4-10H,3,11H2,1-2H3. The van der Waals surface area contributed by atoms with Crippen molar-refractivity contribution in [2.45, 2.75) is 20.5 Å². The van der Waals surface area contributed by atoms with Gasteiger partial charge in [-0.3, -0.25) is 0 Å². The Morgan fingerprint density at radius 1 is 1.14 bits per heavy atom. The van der Waals surface area contributed by atoms with Gasteiger partial charge < -0.3 is 9.47 Å². The summed E-state index contributed by atoms with van der Waals surface area (Å²) in [6.45, 7) is 4.52. The van der Waals surface area contributed by atoms with Crippen LogP contribution in [-0.2, 0) is 11.3 Å². The largest absolute Gasteiger partial charge is 0.489 e. The number of benzene rings is 2. The van der Waals surface area contributed by atoms with E-state index in [1.165, 1.54) is 0 Å². The molecule has 0 bridgehead atoms. The number of aryl methyl sites for hydroxylation is 1. The van der Waals surface area contributed by atoms with Crippen LogP contribution >= 0.6 is 11.6 Å². The summed E-state index contributed by atoms with van der Waals surface area (Å²) >= 11 is 6.16. The second-order valence-electron chi connectivity index (χ2n) is 4.63. The van der Waals surface area contributed by atoms with Gasteiger partial charge in [0.05, 0.1) is 12.2 Å². The molecule has 0 spiro atoms. The molecule has 0 saturated heterocycles. The number of hydrogen-bond donors (Lipinski definition) is 0. The third kappa shape index (κ3) is 4.23. The number of carbonyl (C=O) groups is 1. The lowest BCUT2D eigenvalue weighted by atomic mass is 10.1. The van der Waals surface area contributed by atoms with Crippen LogP contribution in [0.25, 0.3) is 0 Å². The van der Waals surface area contributed by atoms with E-state index in [-0.39, 0.29) is 5.97 Å². The van der Waals surface area contributed by atoms with E-state index in [0.29, 0.717) is 29.5 Å². The van der Waals surface area contributed by atoms with Gasteiger partial charge in [0.1, 0.15) is 12.4 Å². The van der Waals surface area contributed by atoms with E-state index in [1.54, 1.807) is 31.2 Å². The summed E-state index contributed by atoms with van der Waals surface area (Å²) in [7, 11) is 0. The molecule has 0 radical (unpaired) electrons. The van der Waals surface area contributed by atoms with E-state index in [9.17, 15) is 4.79 Å². The highest BCUT2D eigenvalue weighted by Gasteiger charge is 2.06. The minimum atomic E-state index is -0.328. The predicted molar refractivity (Wildman–Crippen MR) is 82.9 cm³/mol. The van der Waals surface area contributed by atoms with Gasteiger partial charge in [-0.05, 0) is 49.7 Å². The fraction of sp³-hybridized carbons (Fsp3) is 0.235. The molecule has 110 valence electrons. The summed E-state index contributed by atoms with van der Waals surface area (Å²) in [5.41, 5.74) is 2.55.